The summed E-state index contributed by atoms with van der Waals surface area (Å²) in [7, 11) is 1.56. The van der Waals surface area contributed by atoms with Crippen molar-refractivity contribution in [2.75, 3.05) is 6.54 Å². The summed E-state index contributed by atoms with van der Waals surface area (Å²) < 4.78 is 2.11. The van der Waals surface area contributed by atoms with Gasteiger partial charge >= 0.3 is 0 Å². The number of halogens is 1. The molecule has 3 N–H and O–H groups in total. The molecule has 112 valence electrons. The van der Waals surface area contributed by atoms with Crippen LogP contribution in [-0.4, -0.2) is 28.7 Å². The molecule has 0 bridgehead atoms. The molecule has 7 heteroatoms. The first-order valence-electron chi connectivity index (χ1n) is 6.45. The normalized spacial score (nSPS) is 19.9. The number of primary amides is 1. The van der Waals surface area contributed by atoms with E-state index in [1.54, 1.807) is 16.0 Å². The number of amides is 2. The number of hydrogen-bond donors (Lipinski definition) is 2. The van der Waals surface area contributed by atoms with Crippen LogP contribution in [0.3, 0.4) is 0 Å². The van der Waals surface area contributed by atoms with E-state index in [0.29, 0.717) is 12.1 Å². The van der Waals surface area contributed by atoms with E-state index in [1.165, 1.54) is 0 Å². The van der Waals surface area contributed by atoms with Crippen molar-refractivity contribution in [3.8, 4) is 0 Å². The van der Waals surface area contributed by atoms with Crippen molar-refractivity contribution in [3.05, 3.63) is 47.5 Å². The monoisotopic (exact) mass is 417 g/mol. The first kappa shape index (κ1) is 16.3. The molecule has 1 heterocycles. The Morgan fingerprint density at radius 1 is 1.43 bits per heavy atom. The van der Waals surface area contributed by atoms with Gasteiger partial charge in [-0.3, -0.25) is 9.59 Å². The average molecular weight is 417 g/mol. The lowest BCUT2D eigenvalue weighted by atomic mass is 10.00. The van der Waals surface area contributed by atoms with Crippen molar-refractivity contribution >= 4 is 42.1 Å². The highest BCUT2D eigenvalue weighted by Gasteiger charge is 2.33. The van der Waals surface area contributed by atoms with Gasteiger partial charge in [0.05, 0.1) is 6.04 Å². The van der Waals surface area contributed by atoms with Gasteiger partial charge in [0.15, 0.2) is 0 Å². The lowest BCUT2D eigenvalue weighted by molar-refractivity contribution is -0.125. The molecule has 0 aromatic heterocycles. The van der Waals surface area contributed by atoms with Gasteiger partial charge in [-0.05, 0) is 21.6 Å². The predicted octanol–water partition coefficient (Wildman–Crippen LogP) is 1.96. The van der Waals surface area contributed by atoms with Crippen LogP contribution in [0.25, 0.3) is 0 Å². The molecule has 0 aliphatic carbocycles. The summed E-state index contributed by atoms with van der Waals surface area (Å²) in [5, 5.41) is 2.65. The van der Waals surface area contributed by atoms with Gasteiger partial charge in [-0.1, -0.05) is 36.4 Å². The minimum Gasteiger partial charge on any atom is -0.368 e. The molecule has 1 aliphatic heterocycles. The Labute approximate surface area is 140 Å². The highest BCUT2D eigenvalue weighted by Crippen LogP contribution is 2.40. The Morgan fingerprint density at radius 3 is 2.67 bits per heavy atom. The third-order valence-corrected chi connectivity index (χ3v) is 5.37. The van der Waals surface area contributed by atoms with Crippen LogP contribution >= 0.6 is 30.3 Å². The Morgan fingerprint density at radius 2 is 2.10 bits per heavy atom. The lowest BCUT2D eigenvalue weighted by Crippen LogP contribution is -2.43. The first-order chi connectivity index (χ1) is 10.0. The minimum absolute atomic E-state index is 0.117. The smallest absolute Gasteiger partial charge is 0.249 e. The largest absolute Gasteiger partial charge is 0.368 e. The van der Waals surface area contributed by atoms with E-state index >= 15 is 0 Å². The van der Waals surface area contributed by atoms with Crippen LogP contribution in [0.15, 0.2) is 42.0 Å². The highest BCUT2D eigenvalue weighted by molar-refractivity contribution is 14.2. The standard InChI is InChI=1S/C14H16IN3O2S/c1-9(13(16)19)17-14(20)11-7-8-18(21-15)12(11)10-5-3-2-4-6-10/h2-7,9,12H,8H2,1H3,(H2,16,19)(H,17,20)/t9-,12+/m1/s1. The fourth-order valence-corrected chi connectivity index (χ4v) is 3.79. The van der Waals surface area contributed by atoms with Gasteiger partial charge in [0, 0.05) is 33.3 Å². The number of benzene rings is 1. The molecule has 0 fully saturated rings. The van der Waals surface area contributed by atoms with Crippen molar-refractivity contribution in [1.29, 1.82) is 0 Å². The summed E-state index contributed by atoms with van der Waals surface area (Å²) in [5.41, 5.74) is 6.89. The number of nitrogens with zero attached hydrogens (tertiary/aromatic N) is 1. The fourth-order valence-electron chi connectivity index (χ4n) is 2.18. The molecular weight excluding hydrogens is 401 g/mol. The van der Waals surface area contributed by atoms with Gasteiger partial charge in [-0.25, -0.2) is 4.31 Å². The topological polar surface area (TPSA) is 75.4 Å². The average Bonchev–Trinajstić information content (AvgIpc) is 2.91. The molecule has 0 unspecified atom stereocenters. The van der Waals surface area contributed by atoms with Gasteiger partial charge in [0.2, 0.25) is 11.8 Å². The third-order valence-electron chi connectivity index (χ3n) is 3.31. The van der Waals surface area contributed by atoms with Crippen molar-refractivity contribution in [2.24, 2.45) is 5.73 Å². The van der Waals surface area contributed by atoms with Crippen molar-refractivity contribution in [3.63, 3.8) is 0 Å². The molecule has 2 rings (SSSR count). The van der Waals surface area contributed by atoms with Crippen molar-refractivity contribution < 1.29 is 9.59 Å². The van der Waals surface area contributed by atoms with E-state index in [-0.39, 0.29) is 11.9 Å². The van der Waals surface area contributed by atoms with Crippen LogP contribution in [-0.2, 0) is 9.59 Å². The van der Waals surface area contributed by atoms with Crippen LogP contribution in [0, 0.1) is 0 Å². The maximum atomic E-state index is 12.4. The summed E-state index contributed by atoms with van der Waals surface area (Å²) in [6.07, 6.45) is 1.90. The zero-order chi connectivity index (χ0) is 15.4. The van der Waals surface area contributed by atoms with Crippen LogP contribution in [0.4, 0.5) is 0 Å². The second-order valence-electron chi connectivity index (χ2n) is 4.74. The predicted molar refractivity (Wildman–Crippen MR) is 92.4 cm³/mol. The van der Waals surface area contributed by atoms with E-state index in [4.69, 9.17) is 5.73 Å². The molecule has 1 aromatic carbocycles. The van der Waals surface area contributed by atoms with E-state index < -0.39 is 11.9 Å². The zero-order valence-corrected chi connectivity index (χ0v) is 14.4. The van der Waals surface area contributed by atoms with E-state index in [9.17, 15) is 9.59 Å². The maximum absolute atomic E-state index is 12.4. The molecule has 0 radical (unpaired) electrons. The summed E-state index contributed by atoms with van der Waals surface area (Å²) >= 11 is 2.20. The second-order valence-corrected chi connectivity index (χ2v) is 6.53. The Kier molecular flexibility index (Phi) is 5.65. The second kappa shape index (κ2) is 7.28. The van der Waals surface area contributed by atoms with E-state index in [1.807, 2.05) is 36.4 Å². The van der Waals surface area contributed by atoms with Gasteiger partial charge in [0.1, 0.15) is 6.04 Å². The molecule has 0 saturated carbocycles. The molecule has 21 heavy (non-hydrogen) atoms. The summed E-state index contributed by atoms with van der Waals surface area (Å²) in [6.45, 7) is 2.26. The van der Waals surface area contributed by atoms with Crippen molar-refractivity contribution in [1.82, 2.24) is 9.62 Å². The first-order valence-corrected chi connectivity index (χ1v) is 9.76. The van der Waals surface area contributed by atoms with Gasteiger partial charge in [-0.15, -0.1) is 0 Å². The molecule has 0 spiro atoms. The molecular formula is C14H16IN3O2S. The summed E-state index contributed by atoms with van der Waals surface area (Å²) in [6, 6.07) is 9.03. The van der Waals surface area contributed by atoms with Crippen LogP contribution in [0.2, 0.25) is 0 Å². The minimum atomic E-state index is -0.684. The number of nitrogens with two attached hydrogens (primary N) is 1. The SMILES string of the molecule is C[C@@H](NC(=O)C1=CCN(SI)[C@H]1c1ccccc1)C(N)=O. The molecule has 2 atom stereocenters. The number of nitrogens with one attached hydrogen (secondary N) is 1. The Balaban J connectivity index is 2.22. The highest BCUT2D eigenvalue weighted by atomic mass is 127. The van der Waals surface area contributed by atoms with Crippen molar-refractivity contribution in [2.45, 2.75) is 19.0 Å². The molecule has 5 nitrogen and oxygen atoms in total. The molecule has 2 amide bonds. The van der Waals surface area contributed by atoms with Gasteiger partial charge < -0.3 is 11.1 Å². The Hall–Kier alpha value is -1.06. The van der Waals surface area contributed by atoms with E-state index in [2.05, 4.69) is 30.8 Å². The number of carbonyl (C=O) groups excluding carboxylic acids is 2. The van der Waals surface area contributed by atoms with Crippen LogP contribution in [0.1, 0.15) is 18.5 Å². The maximum Gasteiger partial charge on any atom is 0.249 e. The van der Waals surface area contributed by atoms with Gasteiger partial charge in [0.25, 0.3) is 0 Å². The number of hydrogen-bond acceptors (Lipinski definition) is 4. The number of rotatable bonds is 5. The fraction of sp³-hybridized carbons (Fsp3) is 0.286. The molecule has 0 saturated heterocycles. The molecule has 1 aromatic rings. The zero-order valence-electron chi connectivity index (χ0n) is 11.5. The van der Waals surface area contributed by atoms with E-state index in [0.717, 1.165) is 5.56 Å². The number of carbonyl (C=O) groups is 2. The Bertz CT molecular complexity index is 565. The summed E-state index contributed by atoms with van der Waals surface area (Å²) in [5.74, 6) is -0.790. The van der Waals surface area contributed by atoms with Gasteiger partial charge in [-0.2, -0.15) is 0 Å². The lowest BCUT2D eigenvalue weighted by Gasteiger charge is -2.24. The van der Waals surface area contributed by atoms with Crippen LogP contribution in [0.5, 0.6) is 0 Å². The summed E-state index contributed by atoms with van der Waals surface area (Å²) in [4.78, 5) is 23.5. The quantitative estimate of drug-likeness (QED) is 0.568. The molecule has 1 aliphatic rings. The third kappa shape index (κ3) is 3.78. The van der Waals surface area contributed by atoms with Crippen LogP contribution < -0.4 is 11.1 Å².